The smallest absolute Gasteiger partial charge is 0.311 e. The second-order valence-corrected chi connectivity index (χ2v) is 8.11. The lowest BCUT2D eigenvalue weighted by molar-refractivity contribution is -0.152. The zero-order valence-electron chi connectivity index (χ0n) is 14.8. The summed E-state index contributed by atoms with van der Waals surface area (Å²) in [5, 5.41) is 9.63. The average molecular weight is 356 g/mol. The fourth-order valence-electron chi connectivity index (χ4n) is 3.49. The number of thioether (sulfide) groups is 1. The normalized spacial score (nSPS) is 27.1. The highest BCUT2D eigenvalue weighted by atomic mass is 32.2. The van der Waals surface area contributed by atoms with E-state index in [1.807, 2.05) is 20.8 Å². The highest BCUT2D eigenvalue weighted by molar-refractivity contribution is 7.99. The Balaban J connectivity index is 2.06. The molecule has 0 saturated carbocycles. The number of carboxylic acid groups (broad SMARTS) is 1. The van der Waals surface area contributed by atoms with Crippen LogP contribution in [0.15, 0.2) is 0 Å². The summed E-state index contributed by atoms with van der Waals surface area (Å²) in [6, 6.07) is -0.434. The molecule has 2 atom stereocenters. The van der Waals surface area contributed by atoms with Crippen LogP contribution >= 0.6 is 11.8 Å². The van der Waals surface area contributed by atoms with Crippen LogP contribution in [0.2, 0.25) is 0 Å². The largest absolute Gasteiger partial charge is 0.481 e. The van der Waals surface area contributed by atoms with Gasteiger partial charge in [-0.2, -0.15) is 0 Å². The minimum Gasteiger partial charge on any atom is -0.481 e. The Morgan fingerprint density at radius 3 is 2.58 bits per heavy atom. The zero-order valence-corrected chi connectivity index (χ0v) is 15.6. The Hall–Kier alpha value is -1.24. The van der Waals surface area contributed by atoms with E-state index in [-0.39, 0.29) is 24.3 Å². The number of hydrogen-bond acceptors (Lipinski definition) is 4. The molecule has 0 aromatic heterocycles. The average Bonchev–Trinajstić information content (AvgIpc) is 3.19. The van der Waals surface area contributed by atoms with Crippen LogP contribution in [0, 0.1) is 11.3 Å². The number of amides is 2. The van der Waals surface area contributed by atoms with Gasteiger partial charge in [-0.15, -0.1) is 11.8 Å². The van der Waals surface area contributed by atoms with Crippen LogP contribution in [-0.4, -0.2) is 63.5 Å². The van der Waals surface area contributed by atoms with Gasteiger partial charge in [-0.05, 0) is 18.8 Å². The van der Waals surface area contributed by atoms with Crippen LogP contribution in [0.1, 0.15) is 46.5 Å². The molecule has 0 aromatic carbocycles. The van der Waals surface area contributed by atoms with Gasteiger partial charge < -0.3 is 14.9 Å². The van der Waals surface area contributed by atoms with Crippen LogP contribution < -0.4 is 0 Å². The Kier molecular flexibility index (Phi) is 6.17. The second-order valence-electron chi connectivity index (χ2n) is 7.11. The molecule has 2 aliphatic rings. The lowest BCUT2D eigenvalue weighted by Crippen LogP contribution is -2.49. The first-order valence-electron chi connectivity index (χ1n) is 8.73. The van der Waals surface area contributed by atoms with E-state index in [9.17, 15) is 19.5 Å². The second kappa shape index (κ2) is 7.76. The van der Waals surface area contributed by atoms with E-state index in [4.69, 9.17) is 0 Å². The highest BCUT2D eigenvalue weighted by Gasteiger charge is 2.50. The van der Waals surface area contributed by atoms with Gasteiger partial charge in [0, 0.05) is 25.3 Å². The minimum absolute atomic E-state index is 0.0342. The summed E-state index contributed by atoms with van der Waals surface area (Å²) in [7, 11) is 0. The maximum absolute atomic E-state index is 12.9. The first-order chi connectivity index (χ1) is 11.3. The molecule has 0 spiro atoms. The number of carbonyl (C=O) groups excluding carboxylic acids is 2. The van der Waals surface area contributed by atoms with E-state index < -0.39 is 17.4 Å². The summed E-state index contributed by atoms with van der Waals surface area (Å²) in [5.74, 6) is 0.245. The molecule has 2 saturated heterocycles. The molecule has 0 aromatic rings. The van der Waals surface area contributed by atoms with E-state index >= 15 is 0 Å². The molecule has 2 heterocycles. The van der Waals surface area contributed by atoms with Crippen molar-refractivity contribution >= 4 is 29.5 Å². The van der Waals surface area contributed by atoms with Crippen molar-refractivity contribution in [2.24, 2.45) is 11.3 Å². The van der Waals surface area contributed by atoms with Gasteiger partial charge in [0.2, 0.25) is 11.8 Å². The predicted octanol–water partition coefficient (Wildman–Crippen LogP) is 2.04. The van der Waals surface area contributed by atoms with Gasteiger partial charge in [0.15, 0.2) is 0 Å². The van der Waals surface area contributed by atoms with Crippen molar-refractivity contribution in [2.75, 3.05) is 24.7 Å². The fourth-order valence-corrected chi connectivity index (χ4v) is 4.66. The summed E-state index contributed by atoms with van der Waals surface area (Å²) in [5.41, 5.74) is -0.863. The molecular weight excluding hydrogens is 328 g/mol. The molecular formula is C17H28N2O4S. The molecule has 1 N–H and O–H groups in total. The summed E-state index contributed by atoms with van der Waals surface area (Å²) in [6.45, 7) is 6.54. The van der Waals surface area contributed by atoms with Crippen molar-refractivity contribution in [3.05, 3.63) is 0 Å². The molecule has 0 aliphatic carbocycles. The first-order valence-corrected chi connectivity index (χ1v) is 9.88. The third kappa shape index (κ3) is 3.55. The molecule has 2 fully saturated rings. The maximum Gasteiger partial charge on any atom is 0.311 e. The van der Waals surface area contributed by atoms with Crippen LogP contribution in [0.5, 0.6) is 0 Å². The third-order valence-electron chi connectivity index (χ3n) is 5.38. The standard InChI is InChI=1S/C17H28N2O4S/c1-4-5-6-14(20)19-11-24-9-13(19)15(21)18-8-7-17(10-18,12(2)3)16(22)23/h12-13H,4-11H2,1-3H3,(H,22,23). The van der Waals surface area contributed by atoms with E-state index in [0.29, 0.717) is 31.0 Å². The summed E-state index contributed by atoms with van der Waals surface area (Å²) >= 11 is 1.59. The van der Waals surface area contributed by atoms with Crippen molar-refractivity contribution in [1.29, 1.82) is 0 Å². The van der Waals surface area contributed by atoms with Crippen molar-refractivity contribution in [3.8, 4) is 0 Å². The van der Waals surface area contributed by atoms with Gasteiger partial charge >= 0.3 is 5.97 Å². The first kappa shape index (κ1) is 19.1. The number of carboxylic acids is 1. The number of hydrogen-bond donors (Lipinski definition) is 1. The maximum atomic E-state index is 12.9. The monoisotopic (exact) mass is 356 g/mol. The van der Waals surface area contributed by atoms with Crippen LogP contribution in [0.25, 0.3) is 0 Å². The molecule has 2 aliphatic heterocycles. The molecule has 24 heavy (non-hydrogen) atoms. The van der Waals surface area contributed by atoms with E-state index in [1.54, 1.807) is 21.6 Å². The Morgan fingerprint density at radius 2 is 2.04 bits per heavy atom. The fraction of sp³-hybridized carbons (Fsp3) is 0.824. The van der Waals surface area contributed by atoms with Crippen molar-refractivity contribution in [1.82, 2.24) is 9.80 Å². The van der Waals surface area contributed by atoms with E-state index in [0.717, 1.165) is 12.8 Å². The summed E-state index contributed by atoms with van der Waals surface area (Å²) < 4.78 is 0. The third-order valence-corrected chi connectivity index (χ3v) is 6.39. The van der Waals surface area contributed by atoms with Crippen LogP contribution in [0.3, 0.4) is 0 Å². The van der Waals surface area contributed by atoms with E-state index in [1.165, 1.54) is 0 Å². The van der Waals surface area contributed by atoms with Gasteiger partial charge in [-0.25, -0.2) is 0 Å². The molecule has 2 rings (SSSR count). The quantitative estimate of drug-likeness (QED) is 0.788. The van der Waals surface area contributed by atoms with Gasteiger partial charge in [0.1, 0.15) is 6.04 Å². The number of likely N-dealkylation sites (tertiary alicyclic amines) is 1. The highest BCUT2D eigenvalue weighted by Crippen LogP contribution is 2.39. The summed E-state index contributed by atoms with van der Waals surface area (Å²) in [6.07, 6.45) is 2.74. The number of unbranched alkanes of at least 4 members (excludes halogenated alkanes) is 1. The number of rotatable bonds is 6. The SMILES string of the molecule is CCCCC(=O)N1CSCC1C(=O)N1CCC(C(=O)O)(C(C)C)C1. The molecule has 0 bridgehead atoms. The molecule has 7 heteroatoms. The molecule has 6 nitrogen and oxygen atoms in total. The van der Waals surface area contributed by atoms with Crippen molar-refractivity contribution in [2.45, 2.75) is 52.5 Å². The number of carbonyl (C=O) groups is 3. The topological polar surface area (TPSA) is 77.9 Å². The van der Waals surface area contributed by atoms with E-state index in [2.05, 4.69) is 0 Å². The molecule has 2 unspecified atom stereocenters. The zero-order chi connectivity index (χ0) is 17.9. The van der Waals surface area contributed by atoms with Crippen molar-refractivity contribution in [3.63, 3.8) is 0 Å². The minimum atomic E-state index is -0.863. The predicted molar refractivity (Wildman–Crippen MR) is 93.6 cm³/mol. The number of aliphatic carboxylic acids is 1. The van der Waals surface area contributed by atoms with Gasteiger partial charge in [-0.1, -0.05) is 27.2 Å². The van der Waals surface area contributed by atoms with Gasteiger partial charge in [-0.3, -0.25) is 14.4 Å². The Bertz CT molecular complexity index is 511. The summed E-state index contributed by atoms with van der Waals surface area (Å²) in [4.78, 5) is 40.3. The lowest BCUT2D eigenvalue weighted by atomic mass is 9.76. The Morgan fingerprint density at radius 1 is 1.33 bits per heavy atom. The lowest BCUT2D eigenvalue weighted by Gasteiger charge is -2.31. The number of nitrogens with zero attached hydrogens (tertiary/aromatic N) is 2. The van der Waals surface area contributed by atoms with Gasteiger partial charge in [0.05, 0.1) is 11.3 Å². The van der Waals surface area contributed by atoms with Crippen LogP contribution in [-0.2, 0) is 14.4 Å². The van der Waals surface area contributed by atoms with Gasteiger partial charge in [0.25, 0.3) is 0 Å². The molecule has 0 radical (unpaired) electrons. The molecule has 2 amide bonds. The van der Waals surface area contributed by atoms with Crippen molar-refractivity contribution < 1.29 is 19.5 Å². The Labute approximate surface area is 147 Å². The van der Waals surface area contributed by atoms with Crippen LogP contribution in [0.4, 0.5) is 0 Å². The molecule has 136 valence electrons.